The molecule has 1 heterocycles. The van der Waals surface area contributed by atoms with Gasteiger partial charge in [-0.2, -0.15) is 0 Å². The van der Waals surface area contributed by atoms with Gasteiger partial charge < -0.3 is 15.0 Å². The number of carbonyl (C=O) groups is 2. The van der Waals surface area contributed by atoms with E-state index in [-0.39, 0.29) is 24.8 Å². The molecule has 1 aromatic carbocycles. The largest absolute Gasteiger partial charge is 0.480 e. The molecule has 0 aliphatic rings. The number of H-pyrrole nitrogens is 1. The third-order valence-electron chi connectivity index (χ3n) is 3.34. The number of nitrogens with zero attached hydrogens (tertiary/aromatic N) is 1. The Morgan fingerprint density at radius 3 is 2.73 bits per heavy atom. The van der Waals surface area contributed by atoms with Crippen LogP contribution in [-0.2, 0) is 16.0 Å². The second-order valence-corrected chi connectivity index (χ2v) is 6.18. The standard InChI is InChI=1S/C16H19ClN2O3/c1-10(2)8-19(9-16(21)22)15(20)5-11-7-18-14-4-3-12(17)6-13(11)14/h3-4,6-7,10,18H,5,8-9H2,1-2H3,(H,21,22). The third kappa shape index (κ3) is 4.01. The Kier molecular flexibility index (Phi) is 5.08. The van der Waals surface area contributed by atoms with Crippen LogP contribution in [0.2, 0.25) is 5.02 Å². The van der Waals surface area contributed by atoms with Crippen molar-refractivity contribution in [2.45, 2.75) is 20.3 Å². The molecule has 0 bridgehead atoms. The van der Waals surface area contributed by atoms with Gasteiger partial charge >= 0.3 is 5.97 Å². The van der Waals surface area contributed by atoms with Gasteiger partial charge in [0.2, 0.25) is 5.91 Å². The van der Waals surface area contributed by atoms with E-state index < -0.39 is 5.97 Å². The van der Waals surface area contributed by atoms with Crippen LogP contribution in [0.3, 0.4) is 0 Å². The maximum absolute atomic E-state index is 12.4. The number of hydrogen-bond acceptors (Lipinski definition) is 2. The number of halogens is 1. The van der Waals surface area contributed by atoms with Crippen molar-refractivity contribution in [1.82, 2.24) is 9.88 Å². The smallest absolute Gasteiger partial charge is 0.323 e. The Hall–Kier alpha value is -2.01. The highest BCUT2D eigenvalue weighted by molar-refractivity contribution is 6.31. The van der Waals surface area contributed by atoms with Crippen molar-refractivity contribution in [2.24, 2.45) is 5.92 Å². The van der Waals surface area contributed by atoms with Crippen LogP contribution in [0.25, 0.3) is 10.9 Å². The first-order chi connectivity index (χ1) is 10.4. The highest BCUT2D eigenvalue weighted by atomic mass is 35.5. The number of carbonyl (C=O) groups excluding carboxylic acids is 1. The zero-order chi connectivity index (χ0) is 16.3. The Morgan fingerprint density at radius 2 is 2.09 bits per heavy atom. The van der Waals surface area contributed by atoms with Gasteiger partial charge in [-0.05, 0) is 29.7 Å². The summed E-state index contributed by atoms with van der Waals surface area (Å²) in [5, 5.41) is 10.5. The fourth-order valence-electron chi connectivity index (χ4n) is 2.43. The predicted octanol–water partition coefficient (Wildman–Crippen LogP) is 2.93. The molecule has 0 aliphatic carbocycles. The monoisotopic (exact) mass is 322 g/mol. The Bertz CT molecular complexity index is 694. The minimum absolute atomic E-state index is 0.153. The highest BCUT2D eigenvalue weighted by Crippen LogP contribution is 2.23. The van der Waals surface area contributed by atoms with Crippen LogP contribution in [0.5, 0.6) is 0 Å². The Labute approximate surface area is 133 Å². The van der Waals surface area contributed by atoms with Crippen molar-refractivity contribution in [3.8, 4) is 0 Å². The van der Waals surface area contributed by atoms with E-state index in [9.17, 15) is 9.59 Å². The number of amides is 1. The van der Waals surface area contributed by atoms with Gasteiger partial charge in [-0.1, -0.05) is 25.4 Å². The average Bonchev–Trinajstić information content (AvgIpc) is 2.79. The van der Waals surface area contributed by atoms with Crippen LogP contribution in [0, 0.1) is 5.92 Å². The minimum atomic E-state index is -1.00. The van der Waals surface area contributed by atoms with Crippen molar-refractivity contribution >= 4 is 34.4 Å². The fourth-order valence-corrected chi connectivity index (χ4v) is 2.60. The van der Waals surface area contributed by atoms with Crippen molar-refractivity contribution < 1.29 is 14.7 Å². The summed E-state index contributed by atoms with van der Waals surface area (Å²) in [5.41, 5.74) is 1.72. The Balaban J connectivity index is 2.20. The van der Waals surface area contributed by atoms with Crippen LogP contribution in [0.4, 0.5) is 0 Å². The summed E-state index contributed by atoms with van der Waals surface area (Å²) in [4.78, 5) is 27.8. The van der Waals surface area contributed by atoms with Crippen molar-refractivity contribution in [3.63, 3.8) is 0 Å². The SMILES string of the molecule is CC(C)CN(CC(=O)O)C(=O)Cc1c[nH]c2ccc(Cl)cc12. The number of fused-ring (bicyclic) bond motifs is 1. The molecule has 5 nitrogen and oxygen atoms in total. The molecule has 0 aliphatic heterocycles. The summed E-state index contributed by atoms with van der Waals surface area (Å²) in [7, 11) is 0. The maximum Gasteiger partial charge on any atom is 0.323 e. The molecule has 2 aromatic rings. The maximum atomic E-state index is 12.4. The number of hydrogen-bond donors (Lipinski definition) is 2. The molecule has 1 amide bonds. The number of aromatic nitrogens is 1. The van der Waals surface area contributed by atoms with Crippen LogP contribution >= 0.6 is 11.6 Å². The molecule has 0 saturated heterocycles. The van der Waals surface area contributed by atoms with E-state index in [1.807, 2.05) is 19.9 Å². The van der Waals surface area contributed by atoms with E-state index >= 15 is 0 Å². The fraction of sp³-hybridized carbons (Fsp3) is 0.375. The van der Waals surface area contributed by atoms with Crippen molar-refractivity contribution in [1.29, 1.82) is 0 Å². The number of aliphatic carboxylic acids is 1. The van der Waals surface area contributed by atoms with E-state index in [4.69, 9.17) is 16.7 Å². The first-order valence-electron chi connectivity index (χ1n) is 7.12. The van der Waals surface area contributed by atoms with Gasteiger partial charge in [0.15, 0.2) is 0 Å². The zero-order valence-electron chi connectivity index (χ0n) is 12.6. The summed E-state index contributed by atoms with van der Waals surface area (Å²) >= 11 is 6.00. The second kappa shape index (κ2) is 6.83. The van der Waals surface area contributed by atoms with Gasteiger partial charge in [0.05, 0.1) is 6.42 Å². The van der Waals surface area contributed by atoms with Gasteiger partial charge in [0.1, 0.15) is 6.54 Å². The summed E-state index contributed by atoms with van der Waals surface area (Å²) in [6.07, 6.45) is 1.92. The normalized spacial score (nSPS) is 11.1. The Morgan fingerprint density at radius 1 is 1.36 bits per heavy atom. The number of carboxylic acids is 1. The van der Waals surface area contributed by atoms with E-state index in [0.717, 1.165) is 16.5 Å². The summed E-state index contributed by atoms with van der Waals surface area (Å²) in [5.74, 6) is -0.992. The van der Waals surface area contributed by atoms with Crippen molar-refractivity contribution in [2.75, 3.05) is 13.1 Å². The molecule has 0 saturated carbocycles. The highest BCUT2D eigenvalue weighted by Gasteiger charge is 2.19. The minimum Gasteiger partial charge on any atom is -0.480 e. The topological polar surface area (TPSA) is 73.4 Å². The zero-order valence-corrected chi connectivity index (χ0v) is 13.4. The molecule has 1 aromatic heterocycles. The molecule has 118 valence electrons. The molecule has 0 radical (unpaired) electrons. The van der Waals surface area contributed by atoms with Gasteiger partial charge in [-0.15, -0.1) is 0 Å². The lowest BCUT2D eigenvalue weighted by molar-refractivity contribution is -0.144. The van der Waals surface area contributed by atoms with Crippen LogP contribution in [-0.4, -0.2) is 40.0 Å². The van der Waals surface area contributed by atoms with Gasteiger partial charge in [0.25, 0.3) is 0 Å². The quantitative estimate of drug-likeness (QED) is 0.858. The molecular formula is C16H19ClN2O3. The number of benzene rings is 1. The second-order valence-electron chi connectivity index (χ2n) is 5.74. The average molecular weight is 323 g/mol. The number of carboxylic acid groups (broad SMARTS) is 1. The lowest BCUT2D eigenvalue weighted by Gasteiger charge is -2.22. The van der Waals surface area contributed by atoms with E-state index in [1.54, 1.807) is 18.3 Å². The van der Waals surface area contributed by atoms with Gasteiger partial charge in [-0.25, -0.2) is 0 Å². The summed E-state index contributed by atoms with van der Waals surface area (Å²) in [6.45, 7) is 4.05. The molecule has 0 fully saturated rings. The van der Waals surface area contributed by atoms with E-state index in [0.29, 0.717) is 11.6 Å². The van der Waals surface area contributed by atoms with Crippen LogP contribution < -0.4 is 0 Å². The van der Waals surface area contributed by atoms with E-state index in [1.165, 1.54) is 4.90 Å². The molecule has 22 heavy (non-hydrogen) atoms. The summed E-state index contributed by atoms with van der Waals surface area (Å²) < 4.78 is 0. The van der Waals surface area contributed by atoms with Crippen LogP contribution in [0.15, 0.2) is 24.4 Å². The third-order valence-corrected chi connectivity index (χ3v) is 3.57. The molecule has 2 N–H and O–H groups in total. The molecule has 0 atom stereocenters. The predicted molar refractivity (Wildman–Crippen MR) is 86.1 cm³/mol. The first kappa shape index (κ1) is 16.4. The molecule has 2 rings (SSSR count). The van der Waals surface area contributed by atoms with E-state index in [2.05, 4.69) is 4.98 Å². The van der Waals surface area contributed by atoms with Gasteiger partial charge in [-0.3, -0.25) is 9.59 Å². The summed E-state index contributed by atoms with van der Waals surface area (Å²) in [6, 6.07) is 5.44. The first-order valence-corrected chi connectivity index (χ1v) is 7.49. The molecule has 0 unspecified atom stereocenters. The number of nitrogens with one attached hydrogen (secondary N) is 1. The molecule has 6 heteroatoms. The van der Waals surface area contributed by atoms with Crippen LogP contribution in [0.1, 0.15) is 19.4 Å². The lowest BCUT2D eigenvalue weighted by Crippen LogP contribution is -2.39. The number of rotatable bonds is 6. The van der Waals surface area contributed by atoms with Gasteiger partial charge in [0, 0.05) is 28.7 Å². The lowest BCUT2D eigenvalue weighted by atomic mass is 10.1. The molecule has 0 spiro atoms. The molecular weight excluding hydrogens is 304 g/mol. The van der Waals surface area contributed by atoms with Crippen molar-refractivity contribution in [3.05, 3.63) is 35.0 Å². The number of aromatic amines is 1.